The molecule has 0 bridgehead atoms. The van der Waals surface area contributed by atoms with Crippen LogP contribution in [0.3, 0.4) is 0 Å². The zero-order chi connectivity index (χ0) is 14.5. The molecular formula is C14H24O4S. The van der Waals surface area contributed by atoms with Gasteiger partial charge in [0.1, 0.15) is 9.84 Å². The minimum atomic E-state index is -2.91. The summed E-state index contributed by atoms with van der Waals surface area (Å²) in [6.45, 7) is 9.23. The predicted molar refractivity (Wildman–Crippen MR) is 73.4 cm³/mol. The Kier molecular flexibility index (Phi) is 3.49. The van der Waals surface area contributed by atoms with Crippen LogP contribution in [-0.2, 0) is 19.4 Å². The minimum Gasteiger partial charge on any atom is -0.465 e. The van der Waals surface area contributed by atoms with Crippen LogP contribution in [0.4, 0.5) is 0 Å². The first-order valence-electron chi connectivity index (χ1n) is 6.95. The summed E-state index contributed by atoms with van der Waals surface area (Å²) in [6, 6.07) is 0. The van der Waals surface area contributed by atoms with Gasteiger partial charge in [0.05, 0.1) is 24.0 Å². The highest BCUT2D eigenvalue weighted by atomic mass is 32.2. The Morgan fingerprint density at radius 3 is 2.00 bits per heavy atom. The summed E-state index contributed by atoms with van der Waals surface area (Å²) < 4.78 is 28.0. The number of rotatable bonds is 3. The number of esters is 1. The smallest absolute Gasteiger partial charge is 0.309 e. The molecule has 2 fully saturated rings. The molecule has 2 aliphatic rings. The van der Waals surface area contributed by atoms with Crippen LogP contribution in [-0.4, -0.2) is 32.5 Å². The first-order chi connectivity index (χ1) is 8.58. The van der Waals surface area contributed by atoms with Crippen molar-refractivity contribution in [3.8, 4) is 0 Å². The van der Waals surface area contributed by atoms with Crippen LogP contribution in [0.1, 0.15) is 40.5 Å². The molecule has 0 aromatic heterocycles. The van der Waals surface area contributed by atoms with Gasteiger partial charge in [0.2, 0.25) is 0 Å². The Hall–Kier alpha value is -0.580. The van der Waals surface area contributed by atoms with Gasteiger partial charge in [-0.3, -0.25) is 4.79 Å². The minimum absolute atomic E-state index is 0.118. The van der Waals surface area contributed by atoms with Crippen LogP contribution in [0, 0.1) is 22.7 Å². The first kappa shape index (κ1) is 14.8. The van der Waals surface area contributed by atoms with Crippen molar-refractivity contribution < 1.29 is 17.9 Å². The molecule has 5 heteroatoms. The van der Waals surface area contributed by atoms with Gasteiger partial charge in [0.15, 0.2) is 0 Å². The zero-order valence-electron chi connectivity index (χ0n) is 12.2. The van der Waals surface area contributed by atoms with E-state index in [1.54, 1.807) is 0 Å². The van der Waals surface area contributed by atoms with Crippen LogP contribution >= 0.6 is 0 Å². The van der Waals surface area contributed by atoms with Crippen molar-refractivity contribution in [2.75, 3.05) is 18.1 Å². The fourth-order valence-electron chi connectivity index (χ4n) is 3.16. The molecule has 19 heavy (non-hydrogen) atoms. The quantitative estimate of drug-likeness (QED) is 0.746. The lowest BCUT2D eigenvalue weighted by atomic mass is 10.0. The summed E-state index contributed by atoms with van der Waals surface area (Å²) in [6.07, 6.45) is 0.831. The lowest BCUT2D eigenvalue weighted by Gasteiger charge is -2.20. The molecule has 0 amide bonds. The molecule has 1 saturated carbocycles. The molecule has 4 nitrogen and oxygen atoms in total. The predicted octanol–water partition coefficient (Wildman–Crippen LogP) is 2.04. The number of carbonyl (C=O) groups excluding carboxylic acids is 1. The van der Waals surface area contributed by atoms with Crippen LogP contribution in [0.2, 0.25) is 0 Å². The lowest BCUT2D eigenvalue weighted by Crippen LogP contribution is -2.30. The SMILES string of the molecule is CC1(C)C(COC(=O)C2CCS(=O)(=O)CC2)C1(C)C. The third kappa shape index (κ3) is 2.67. The van der Waals surface area contributed by atoms with Gasteiger partial charge in [0, 0.05) is 5.92 Å². The Morgan fingerprint density at radius 2 is 1.58 bits per heavy atom. The molecule has 0 spiro atoms. The molecule has 0 N–H and O–H groups in total. The second-order valence-corrected chi connectivity index (χ2v) is 9.36. The topological polar surface area (TPSA) is 60.4 Å². The van der Waals surface area contributed by atoms with E-state index >= 15 is 0 Å². The van der Waals surface area contributed by atoms with E-state index in [4.69, 9.17) is 4.74 Å². The van der Waals surface area contributed by atoms with E-state index in [-0.39, 0.29) is 34.2 Å². The highest BCUT2D eigenvalue weighted by molar-refractivity contribution is 7.91. The highest BCUT2D eigenvalue weighted by Gasteiger charge is 2.64. The standard InChI is InChI=1S/C14H24O4S/c1-13(2)11(14(13,3)4)9-18-12(15)10-5-7-19(16,17)8-6-10/h10-11H,5-9H2,1-4H3. The van der Waals surface area contributed by atoms with Crippen molar-refractivity contribution in [1.29, 1.82) is 0 Å². The van der Waals surface area contributed by atoms with Gasteiger partial charge in [-0.2, -0.15) is 0 Å². The third-order valence-electron chi connectivity index (χ3n) is 5.60. The van der Waals surface area contributed by atoms with Crippen molar-refractivity contribution >= 4 is 15.8 Å². The maximum atomic E-state index is 11.9. The van der Waals surface area contributed by atoms with Crippen LogP contribution < -0.4 is 0 Å². The lowest BCUT2D eigenvalue weighted by molar-refractivity contribution is -0.149. The van der Waals surface area contributed by atoms with Crippen LogP contribution in [0.5, 0.6) is 0 Å². The second-order valence-electron chi connectivity index (χ2n) is 7.05. The van der Waals surface area contributed by atoms with E-state index in [1.807, 2.05) is 0 Å². The van der Waals surface area contributed by atoms with E-state index in [2.05, 4.69) is 27.7 Å². The van der Waals surface area contributed by atoms with Gasteiger partial charge in [-0.1, -0.05) is 27.7 Å². The molecule has 0 radical (unpaired) electrons. The van der Waals surface area contributed by atoms with E-state index < -0.39 is 9.84 Å². The van der Waals surface area contributed by atoms with Gasteiger partial charge < -0.3 is 4.74 Å². The van der Waals surface area contributed by atoms with Gasteiger partial charge in [0.25, 0.3) is 0 Å². The molecule has 0 unspecified atom stereocenters. The van der Waals surface area contributed by atoms with Crippen molar-refractivity contribution in [1.82, 2.24) is 0 Å². The molecule has 1 aliphatic heterocycles. The maximum absolute atomic E-state index is 11.9. The molecule has 2 rings (SSSR count). The van der Waals surface area contributed by atoms with Gasteiger partial charge >= 0.3 is 5.97 Å². The molecule has 0 atom stereocenters. The number of hydrogen-bond donors (Lipinski definition) is 0. The largest absolute Gasteiger partial charge is 0.465 e. The molecule has 1 saturated heterocycles. The molecule has 0 aromatic rings. The second kappa shape index (κ2) is 4.47. The average Bonchev–Trinajstić information content (AvgIpc) is 2.66. The third-order valence-corrected chi connectivity index (χ3v) is 7.32. The van der Waals surface area contributed by atoms with E-state index in [0.717, 1.165) is 0 Å². The Morgan fingerprint density at radius 1 is 1.11 bits per heavy atom. The molecule has 110 valence electrons. The van der Waals surface area contributed by atoms with Crippen molar-refractivity contribution in [2.24, 2.45) is 22.7 Å². The van der Waals surface area contributed by atoms with Crippen molar-refractivity contribution in [2.45, 2.75) is 40.5 Å². The number of ether oxygens (including phenoxy) is 1. The van der Waals surface area contributed by atoms with E-state index in [9.17, 15) is 13.2 Å². The molecule has 1 aliphatic carbocycles. The summed E-state index contributed by atoms with van der Waals surface area (Å²) in [7, 11) is -2.91. The average molecular weight is 288 g/mol. The van der Waals surface area contributed by atoms with Gasteiger partial charge in [-0.05, 0) is 23.7 Å². The normalized spacial score (nSPS) is 28.8. The highest BCUT2D eigenvalue weighted by Crippen LogP contribution is 2.68. The maximum Gasteiger partial charge on any atom is 0.309 e. The van der Waals surface area contributed by atoms with Crippen molar-refractivity contribution in [3.63, 3.8) is 0 Å². The number of hydrogen-bond acceptors (Lipinski definition) is 4. The van der Waals surface area contributed by atoms with Crippen molar-refractivity contribution in [3.05, 3.63) is 0 Å². The van der Waals surface area contributed by atoms with Crippen LogP contribution in [0.25, 0.3) is 0 Å². The fraction of sp³-hybridized carbons (Fsp3) is 0.929. The van der Waals surface area contributed by atoms with Crippen LogP contribution in [0.15, 0.2) is 0 Å². The first-order valence-corrected chi connectivity index (χ1v) is 8.77. The molecule has 0 aromatic carbocycles. The summed E-state index contributed by atoms with van der Waals surface area (Å²) >= 11 is 0. The Bertz CT molecular complexity index is 448. The van der Waals surface area contributed by atoms with Gasteiger partial charge in [-0.15, -0.1) is 0 Å². The molecular weight excluding hydrogens is 264 g/mol. The van der Waals surface area contributed by atoms with Gasteiger partial charge in [-0.25, -0.2) is 8.42 Å². The number of sulfone groups is 1. The Labute approximate surface area is 115 Å². The molecule has 1 heterocycles. The fourth-order valence-corrected chi connectivity index (χ4v) is 4.65. The Balaban J connectivity index is 1.81. The summed E-state index contributed by atoms with van der Waals surface area (Å²) in [5, 5.41) is 0. The zero-order valence-corrected chi connectivity index (χ0v) is 13.0. The summed E-state index contributed by atoms with van der Waals surface area (Å²) in [5.41, 5.74) is 0.423. The van der Waals surface area contributed by atoms with E-state index in [1.165, 1.54) is 0 Å². The van der Waals surface area contributed by atoms with E-state index in [0.29, 0.717) is 25.4 Å². The number of carbonyl (C=O) groups is 1. The summed E-state index contributed by atoms with van der Waals surface area (Å²) in [4.78, 5) is 11.9. The summed E-state index contributed by atoms with van der Waals surface area (Å²) in [5.74, 6) is 0.193. The monoisotopic (exact) mass is 288 g/mol.